The largest absolute Gasteiger partial charge is 0.469 e. The van der Waals surface area contributed by atoms with Crippen molar-refractivity contribution in [3.8, 4) is 0 Å². The molecule has 0 aromatic heterocycles. The van der Waals surface area contributed by atoms with E-state index in [9.17, 15) is 14.7 Å². The first-order chi connectivity index (χ1) is 14.0. The number of carbonyl (C=O) groups is 2. The van der Waals surface area contributed by atoms with Gasteiger partial charge in [0.25, 0.3) is 0 Å². The van der Waals surface area contributed by atoms with Crippen molar-refractivity contribution < 1.29 is 19.4 Å². The quantitative estimate of drug-likeness (QED) is 0.371. The zero-order chi connectivity index (χ0) is 21.1. The van der Waals surface area contributed by atoms with Gasteiger partial charge in [-0.05, 0) is 62.0 Å². The molecule has 3 atom stereocenters. The van der Waals surface area contributed by atoms with Crippen molar-refractivity contribution in [2.75, 3.05) is 7.11 Å². The summed E-state index contributed by atoms with van der Waals surface area (Å²) in [6.45, 7) is 2.18. The van der Waals surface area contributed by atoms with Gasteiger partial charge in [0, 0.05) is 18.8 Å². The Kier molecular flexibility index (Phi) is 10.4. The molecule has 0 unspecified atom stereocenters. The molecule has 4 heteroatoms. The second-order valence-electron chi connectivity index (χ2n) is 8.50. The summed E-state index contributed by atoms with van der Waals surface area (Å²) in [6, 6.07) is 8.29. The highest BCUT2D eigenvalue weighted by Gasteiger charge is 2.34. The maximum Gasteiger partial charge on any atom is 0.305 e. The van der Waals surface area contributed by atoms with Crippen LogP contribution >= 0.6 is 0 Å². The van der Waals surface area contributed by atoms with Crippen LogP contribution in [0.5, 0.6) is 0 Å². The number of ketones is 1. The lowest BCUT2D eigenvalue weighted by molar-refractivity contribution is -0.140. The number of esters is 1. The molecule has 0 aliphatic heterocycles. The van der Waals surface area contributed by atoms with E-state index < -0.39 is 0 Å². The molecule has 0 saturated heterocycles. The second-order valence-corrected chi connectivity index (χ2v) is 8.50. The molecule has 1 aliphatic rings. The van der Waals surface area contributed by atoms with Crippen LogP contribution in [0.3, 0.4) is 0 Å². The van der Waals surface area contributed by atoms with E-state index in [1.54, 1.807) is 0 Å². The fourth-order valence-electron chi connectivity index (χ4n) is 4.55. The zero-order valence-electron chi connectivity index (χ0n) is 18.2. The first-order valence-electron chi connectivity index (χ1n) is 11.4. The fraction of sp³-hybridized carbons (Fsp3) is 0.680. The minimum Gasteiger partial charge on any atom is -0.469 e. The number of benzene rings is 1. The smallest absolute Gasteiger partial charge is 0.305 e. The number of aliphatic hydroxyl groups excluding tert-OH is 1. The Morgan fingerprint density at radius 1 is 1.17 bits per heavy atom. The normalized spacial score (nSPS) is 20.0. The summed E-state index contributed by atoms with van der Waals surface area (Å²) < 4.78 is 4.73. The lowest BCUT2D eigenvalue weighted by Crippen LogP contribution is -2.20. The van der Waals surface area contributed by atoms with Crippen LogP contribution in [-0.2, 0) is 27.2 Å². The van der Waals surface area contributed by atoms with Crippen LogP contribution in [0, 0.1) is 11.8 Å². The van der Waals surface area contributed by atoms with Crippen LogP contribution in [0.15, 0.2) is 24.3 Å². The molecule has 0 radical (unpaired) electrons. The summed E-state index contributed by atoms with van der Waals surface area (Å²) in [5.41, 5.74) is 2.46. The summed E-state index contributed by atoms with van der Waals surface area (Å²) in [7, 11) is 1.42. The molecular weight excluding hydrogens is 364 g/mol. The molecule has 1 saturated carbocycles. The van der Waals surface area contributed by atoms with Gasteiger partial charge in [0.2, 0.25) is 0 Å². The number of rotatable bonds is 13. The number of methoxy groups -OCH3 is 1. The molecular formula is C25H38O4. The van der Waals surface area contributed by atoms with Crippen LogP contribution in [0.4, 0.5) is 0 Å². The minimum absolute atomic E-state index is 0.0691. The lowest BCUT2D eigenvalue weighted by Gasteiger charge is -2.21. The molecule has 1 aromatic rings. The first-order valence-corrected chi connectivity index (χ1v) is 11.4. The van der Waals surface area contributed by atoms with Crippen molar-refractivity contribution in [3.63, 3.8) is 0 Å². The summed E-state index contributed by atoms with van der Waals surface area (Å²) in [6.07, 6.45) is 10.2. The number of aryl methyl sites for hydroxylation is 1. The Morgan fingerprint density at radius 3 is 2.66 bits per heavy atom. The summed E-state index contributed by atoms with van der Waals surface area (Å²) in [5.74, 6) is 0.650. The topological polar surface area (TPSA) is 63.6 Å². The van der Waals surface area contributed by atoms with E-state index in [1.807, 2.05) is 12.1 Å². The second kappa shape index (κ2) is 12.8. The van der Waals surface area contributed by atoms with Crippen molar-refractivity contribution in [1.82, 2.24) is 0 Å². The number of ether oxygens (including phenoxy) is 1. The van der Waals surface area contributed by atoms with Crippen molar-refractivity contribution in [2.45, 2.75) is 90.1 Å². The Labute approximate surface area is 176 Å². The SMILES string of the molecule is CCCCC[C@H](O)CC[C@H]1CCC(=O)[C@H]1Cc1ccccc1CCCC(=O)OC. The maximum absolute atomic E-state index is 12.6. The zero-order valence-corrected chi connectivity index (χ0v) is 18.2. The molecule has 0 amide bonds. The lowest BCUT2D eigenvalue weighted by atomic mass is 9.83. The summed E-state index contributed by atoms with van der Waals surface area (Å²) in [4.78, 5) is 23.9. The summed E-state index contributed by atoms with van der Waals surface area (Å²) in [5, 5.41) is 10.3. The van der Waals surface area contributed by atoms with Gasteiger partial charge in [-0.1, -0.05) is 50.5 Å². The number of unbranched alkanes of at least 4 members (excludes halogenated alkanes) is 2. The van der Waals surface area contributed by atoms with Gasteiger partial charge in [-0.15, -0.1) is 0 Å². The van der Waals surface area contributed by atoms with E-state index >= 15 is 0 Å². The molecule has 29 heavy (non-hydrogen) atoms. The van der Waals surface area contributed by atoms with Crippen molar-refractivity contribution >= 4 is 11.8 Å². The third kappa shape index (κ3) is 7.93. The third-order valence-corrected chi connectivity index (χ3v) is 6.37. The van der Waals surface area contributed by atoms with Crippen molar-refractivity contribution in [3.05, 3.63) is 35.4 Å². The van der Waals surface area contributed by atoms with Gasteiger partial charge in [-0.2, -0.15) is 0 Å². The van der Waals surface area contributed by atoms with Gasteiger partial charge in [0.05, 0.1) is 13.2 Å². The molecule has 1 N–H and O–H groups in total. The van der Waals surface area contributed by atoms with Crippen molar-refractivity contribution in [2.24, 2.45) is 11.8 Å². The third-order valence-electron chi connectivity index (χ3n) is 6.37. The number of hydrogen-bond donors (Lipinski definition) is 1. The molecule has 1 fully saturated rings. The minimum atomic E-state index is -0.233. The van der Waals surface area contributed by atoms with Crippen LogP contribution in [0.25, 0.3) is 0 Å². The predicted molar refractivity (Wildman–Crippen MR) is 116 cm³/mol. The standard InChI is InChI=1S/C25H38O4/c1-3-4-5-12-22(26)16-14-20-15-17-24(27)23(20)18-21-10-7-6-9-19(21)11-8-13-25(28)29-2/h6-7,9-10,20,22-23,26H,3-5,8,11-18H2,1-2H3/t20-,22-,23-/m0/s1. The Balaban J connectivity index is 1.91. The Bertz CT molecular complexity index is 639. The van der Waals surface area contributed by atoms with Crippen LogP contribution in [0.1, 0.15) is 82.3 Å². The molecule has 162 valence electrons. The van der Waals surface area contributed by atoms with E-state index in [2.05, 4.69) is 19.1 Å². The molecule has 4 nitrogen and oxygen atoms in total. The average molecular weight is 403 g/mol. The molecule has 0 heterocycles. The first kappa shape index (κ1) is 23.6. The van der Waals surface area contributed by atoms with E-state index in [4.69, 9.17) is 4.74 Å². The van der Waals surface area contributed by atoms with Gasteiger partial charge in [-0.3, -0.25) is 9.59 Å². The highest BCUT2D eigenvalue weighted by atomic mass is 16.5. The summed E-state index contributed by atoms with van der Waals surface area (Å²) >= 11 is 0. The van der Waals surface area contributed by atoms with Gasteiger partial charge in [0.15, 0.2) is 0 Å². The van der Waals surface area contributed by atoms with Crippen LogP contribution in [-0.4, -0.2) is 30.1 Å². The van der Waals surface area contributed by atoms with Gasteiger partial charge in [0.1, 0.15) is 5.78 Å². The van der Waals surface area contributed by atoms with E-state index in [0.29, 0.717) is 24.5 Å². The fourth-order valence-corrected chi connectivity index (χ4v) is 4.55. The van der Waals surface area contributed by atoms with E-state index in [0.717, 1.165) is 51.4 Å². The highest BCUT2D eigenvalue weighted by Crippen LogP contribution is 2.36. The van der Waals surface area contributed by atoms with Crippen LogP contribution in [0.2, 0.25) is 0 Å². The number of hydrogen-bond acceptors (Lipinski definition) is 4. The molecule has 2 rings (SSSR count). The van der Waals surface area contributed by atoms with Crippen molar-refractivity contribution in [1.29, 1.82) is 0 Å². The number of aliphatic hydroxyl groups is 1. The maximum atomic E-state index is 12.6. The predicted octanol–water partition coefficient (Wildman–Crippen LogP) is 5.04. The molecule has 0 bridgehead atoms. The Hall–Kier alpha value is -1.68. The van der Waals surface area contributed by atoms with E-state index in [1.165, 1.54) is 31.1 Å². The van der Waals surface area contributed by atoms with Gasteiger partial charge in [-0.25, -0.2) is 0 Å². The molecule has 0 spiro atoms. The Morgan fingerprint density at radius 2 is 1.93 bits per heavy atom. The average Bonchev–Trinajstić information content (AvgIpc) is 3.07. The number of Topliss-reactive ketones (excluding diaryl/α,β-unsaturated/α-hetero) is 1. The number of carbonyl (C=O) groups excluding carboxylic acids is 2. The van der Waals surface area contributed by atoms with Crippen LogP contribution < -0.4 is 0 Å². The monoisotopic (exact) mass is 402 g/mol. The van der Waals surface area contributed by atoms with Gasteiger partial charge < -0.3 is 9.84 Å². The van der Waals surface area contributed by atoms with Gasteiger partial charge >= 0.3 is 5.97 Å². The van der Waals surface area contributed by atoms with E-state index in [-0.39, 0.29) is 18.0 Å². The molecule has 1 aromatic carbocycles. The molecule has 1 aliphatic carbocycles. The highest BCUT2D eigenvalue weighted by molar-refractivity contribution is 5.83.